The van der Waals surface area contributed by atoms with Crippen LogP contribution in [0, 0.1) is 5.82 Å². The fourth-order valence-corrected chi connectivity index (χ4v) is 1.86. The van der Waals surface area contributed by atoms with Gasteiger partial charge >= 0.3 is 0 Å². The van der Waals surface area contributed by atoms with Crippen molar-refractivity contribution in [1.29, 1.82) is 0 Å². The molecule has 108 valence electrons. The summed E-state index contributed by atoms with van der Waals surface area (Å²) in [6.45, 7) is 7.10. The summed E-state index contributed by atoms with van der Waals surface area (Å²) in [4.78, 5) is 0. The van der Waals surface area contributed by atoms with Gasteiger partial charge in [0.05, 0.1) is 18.8 Å². The third kappa shape index (κ3) is 5.68. The van der Waals surface area contributed by atoms with E-state index in [9.17, 15) is 4.39 Å². The molecule has 0 heterocycles. The van der Waals surface area contributed by atoms with Crippen LogP contribution in [-0.2, 0) is 9.47 Å². The Morgan fingerprint density at radius 3 is 2.47 bits per heavy atom. The molecule has 0 aliphatic rings. The van der Waals surface area contributed by atoms with Crippen molar-refractivity contribution < 1.29 is 13.9 Å². The van der Waals surface area contributed by atoms with Crippen molar-refractivity contribution in [3.8, 4) is 0 Å². The lowest BCUT2D eigenvalue weighted by Crippen LogP contribution is -2.32. The lowest BCUT2D eigenvalue weighted by atomic mass is 10.1. The van der Waals surface area contributed by atoms with E-state index in [1.807, 2.05) is 13.0 Å². The summed E-state index contributed by atoms with van der Waals surface area (Å²) in [6, 6.07) is 7.06. The Morgan fingerprint density at radius 2 is 1.89 bits per heavy atom. The minimum atomic E-state index is -0.311. The summed E-state index contributed by atoms with van der Waals surface area (Å²) < 4.78 is 24.8. The maximum atomic E-state index is 13.9. The average Bonchev–Trinajstić information content (AvgIpc) is 2.35. The summed E-state index contributed by atoms with van der Waals surface area (Å²) in [7, 11) is 1.63. The first-order valence-corrected chi connectivity index (χ1v) is 6.66. The number of methoxy groups -OCH3 is 1. The lowest BCUT2D eigenvalue weighted by Gasteiger charge is -2.24. The van der Waals surface area contributed by atoms with Crippen LogP contribution in [0.25, 0.3) is 0 Å². The van der Waals surface area contributed by atoms with Crippen molar-refractivity contribution in [2.24, 2.45) is 0 Å². The van der Waals surface area contributed by atoms with Crippen LogP contribution in [0.4, 0.5) is 4.39 Å². The van der Waals surface area contributed by atoms with E-state index in [2.05, 4.69) is 19.2 Å². The Hall–Kier alpha value is -0.970. The van der Waals surface area contributed by atoms with Crippen molar-refractivity contribution in [2.75, 3.05) is 20.3 Å². The fourth-order valence-electron chi connectivity index (χ4n) is 1.86. The van der Waals surface area contributed by atoms with Crippen LogP contribution in [0.3, 0.4) is 0 Å². The van der Waals surface area contributed by atoms with Gasteiger partial charge in [-0.25, -0.2) is 4.39 Å². The molecule has 0 saturated carbocycles. The molecule has 0 saturated heterocycles. The van der Waals surface area contributed by atoms with E-state index in [0.29, 0.717) is 24.8 Å². The second kappa shape index (κ2) is 8.25. The van der Waals surface area contributed by atoms with Crippen LogP contribution in [0.2, 0.25) is 0 Å². The molecule has 0 fully saturated rings. The molecule has 1 aromatic rings. The summed E-state index contributed by atoms with van der Waals surface area (Å²) in [6.07, 6.45) is -0.391. The third-order valence-corrected chi connectivity index (χ3v) is 2.76. The molecule has 0 amide bonds. The summed E-state index contributed by atoms with van der Waals surface area (Å²) in [5.41, 5.74) is 0.582. The molecule has 1 rings (SSSR count). The van der Waals surface area contributed by atoms with Crippen molar-refractivity contribution in [3.05, 3.63) is 35.6 Å². The predicted octanol–water partition coefficient (Wildman–Crippen LogP) is 2.92. The quantitative estimate of drug-likeness (QED) is 0.787. The van der Waals surface area contributed by atoms with Gasteiger partial charge in [0.2, 0.25) is 0 Å². The number of benzene rings is 1. The van der Waals surface area contributed by atoms with Crippen LogP contribution in [-0.4, -0.2) is 32.4 Å². The molecule has 2 unspecified atom stereocenters. The van der Waals surface area contributed by atoms with Crippen LogP contribution >= 0.6 is 0 Å². The van der Waals surface area contributed by atoms with Gasteiger partial charge in [-0.15, -0.1) is 0 Å². The normalized spacial score (nSPS) is 14.6. The minimum Gasteiger partial charge on any atom is -0.382 e. The van der Waals surface area contributed by atoms with E-state index in [0.717, 1.165) is 0 Å². The average molecular weight is 269 g/mol. The van der Waals surface area contributed by atoms with Crippen LogP contribution < -0.4 is 5.32 Å². The Kier molecular flexibility index (Phi) is 6.99. The molecule has 0 aliphatic carbocycles. The highest BCUT2D eigenvalue weighted by molar-refractivity contribution is 5.20. The van der Waals surface area contributed by atoms with Gasteiger partial charge in [0.15, 0.2) is 0 Å². The first kappa shape index (κ1) is 16.1. The van der Waals surface area contributed by atoms with E-state index < -0.39 is 0 Å². The predicted molar refractivity (Wildman–Crippen MR) is 74.7 cm³/mol. The molecule has 0 aromatic heterocycles. The highest BCUT2D eigenvalue weighted by atomic mass is 19.1. The van der Waals surface area contributed by atoms with Crippen molar-refractivity contribution >= 4 is 0 Å². The number of hydrogen-bond donors (Lipinski definition) is 1. The smallest absolute Gasteiger partial charge is 0.129 e. The molecule has 3 nitrogen and oxygen atoms in total. The Balaban J connectivity index is 2.76. The molecule has 0 aliphatic heterocycles. The second-order valence-corrected chi connectivity index (χ2v) is 4.98. The van der Waals surface area contributed by atoms with Gasteiger partial charge in [0, 0.05) is 25.3 Å². The third-order valence-electron chi connectivity index (χ3n) is 2.76. The highest BCUT2D eigenvalue weighted by Gasteiger charge is 2.19. The fraction of sp³-hybridized carbons (Fsp3) is 0.600. The number of halogens is 1. The largest absolute Gasteiger partial charge is 0.382 e. The van der Waals surface area contributed by atoms with Gasteiger partial charge in [-0.1, -0.05) is 32.0 Å². The molecular weight excluding hydrogens is 245 g/mol. The number of ether oxygens (including phenoxy) is 2. The maximum Gasteiger partial charge on any atom is 0.129 e. The maximum absolute atomic E-state index is 13.9. The van der Waals surface area contributed by atoms with Gasteiger partial charge < -0.3 is 14.8 Å². The molecule has 0 bridgehead atoms. The second-order valence-electron chi connectivity index (χ2n) is 4.98. The lowest BCUT2D eigenvalue weighted by molar-refractivity contribution is -0.0411. The molecule has 1 aromatic carbocycles. The van der Waals surface area contributed by atoms with Crippen LogP contribution in [0.15, 0.2) is 24.3 Å². The molecular formula is C15H24FNO2. The van der Waals surface area contributed by atoms with Gasteiger partial charge in [-0.2, -0.15) is 0 Å². The SMILES string of the molecule is COCC(C)OC(CNC(C)C)c1ccccc1F. The van der Waals surface area contributed by atoms with Crippen molar-refractivity contribution in [3.63, 3.8) is 0 Å². The number of nitrogens with one attached hydrogen (secondary N) is 1. The molecule has 4 heteroatoms. The Morgan fingerprint density at radius 1 is 1.21 bits per heavy atom. The van der Waals surface area contributed by atoms with Crippen LogP contribution in [0.5, 0.6) is 0 Å². The first-order chi connectivity index (χ1) is 9.04. The Labute approximate surface area is 115 Å². The topological polar surface area (TPSA) is 30.5 Å². The monoisotopic (exact) mass is 269 g/mol. The van der Waals surface area contributed by atoms with E-state index >= 15 is 0 Å². The van der Waals surface area contributed by atoms with Crippen LogP contribution in [0.1, 0.15) is 32.4 Å². The zero-order valence-corrected chi connectivity index (χ0v) is 12.2. The highest BCUT2D eigenvalue weighted by Crippen LogP contribution is 2.21. The standard InChI is InChI=1S/C15H24FNO2/c1-11(2)17-9-15(19-12(3)10-18-4)13-7-5-6-8-14(13)16/h5-8,11-12,15,17H,9-10H2,1-4H3. The molecule has 0 spiro atoms. The number of hydrogen-bond acceptors (Lipinski definition) is 3. The zero-order valence-electron chi connectivity index (χ0n) is 12.2. The summed E-state index contributed by atoms with van der Waals surface area (Å²) in [5, 5.41) is 3.29. The minimum absolute atomic E-state index is 0.0800. The van der Waals surface area contributed by atoms with Gasteiger partial charge in [-0.05, 0) is 13.0 Å². The molecule has 0 radical (unpaired) electrons. The summed E-state index contributed by atoms with van der Waals surface area (Å²) >= 11 is 0. The van der Waals surface area contributed by atoms with E-state index in [-0.39, 0.29) is 18.0 Å². The zero-order chi connectivity index (χ0) is 14.3. The van der Waals surface area contributed by atoms with Gasteiger partial charge in [0.1, 0.15) is 5.82 Å². The first-order valence-electron chi connectivity index (χ1n) is 6.66. The van der Waals surface area contributed by atoms with E-state index in [1.165, 1.54) is 6.07 Å². The molecule has 2 atom stereocenters. The van der Waals surface area contributed by atoms with E-state index in [1.54, 1.807) is 19.2 Å². The van der Waals surface area contributed by atoms with Crippen molar-refractivity contribution in [2.45, 2.75) is 39.0 Å². The van der Waals surface area contributed by atoms with Crippen molar-refractivity contribution in [1.82, 2.24) is 5.32 Å². The number of rotatable bonds is 8. The van der Waals surface area contributed by atoms with E-state index in [4.69, 9.17) is 9.47 Å². The summed E-state index contributed by atoms with van der Waals surface area (Å²) in [5.74, 6) is -0.234. The van der Waals surface area contributed by atoms with Gasteiger partial charge in [-0.3, -0.25) is 0 Å². The van der Waals surface area contributed by atoms with Gasteiger partial charge in [0.25, 0.3) is 0 Å². The Bertz CT molecular complexity index is 371. The molecule has 19 heavy (non-hydrogen) atoms. The molecule has 1 N–H and O–H groups in total.